The van der Waals surface area contributed by atoms with Crippen molar-refractivity contribution in [3.05, 3.63) is 46.5 Å². The van der Waals surface area contributed by atoms with E-state index in [1.807, 2.05) is 19.9 Å². The number of rotatable bonds is 7. The van der Waals surface area contributed by atoms with Gasteiger partial charge in [0.25, 0.3) is 10.0 Å². The zero-order chi connectivity index (χ0) is 18.6. The second-order valence-corrected chi connectivity index (χ2v) is 7.48. The lowest BCUT2D eigenvalue weighted by molar-refractivity contribution is 0.354. The Balaban J connectivity index is 2.51. The Morgan fingerprint density at radius 2 is 1.68 bits per heavy atom. The lowest BCUT2D eigenvalue weighted by atomic mass is 10.0. The molecule has 0 aliphatic rings. The van der Waals surface area contributed by atoms with Crippen LogP contribution in [0.5, 0.6) is 11.5 Å². The van der Waals surface area contributed by atoms with Gasteiger partial charge in [-0.15, -0.1) is 0 Å². The van der Waals surface area contributed by atoms with E-state index in [-0.39, 0.29) is 4.90 Å². The predicted molar refractivity (Wildman–Crippen MR) is 101 cm³/mol. The molecule has 0 aliphatic carbocycles. The minimum absolute atomic E-state index is 0.0919. The smallest absolute Gasteiger partial charge is 0.262 e. The van der Waals surface area contributed by atoms with Crippen molar-refractivity contribution in [2.24, 2.45) is 0 Å². The van der Waals surface area contributed by atoms with Gasteiger partial charge in [-0.1, -0.05) is 31.5 Å². The van der Waals surface area contributed by atoms with Crippen LogP contribution in [0.4, 0.5) is 5.69 Å². The minimum atomic E-state index is -3.80. The Morgan fingerprint density at radius 1 is 1.00 bits per heavy atom. The van der Waals surface area contributed by atoms with Crippen molar-refractivity contribution in [2.75, 3.05) is 18.9 Å². The van der Waals surface area contributed by atoms with Crippen molar-refractivity contribution in [2.45, 2.75) is 31.6 Å². The fourth-order valence-electron chi connectivity index (χ4n) is 2.62. The van der Waals surface area contributed by atoms with E-state index in [2.05, 4.69) is 4.72 Å². The van der Waals surface area contributed by atoms with Gasteiger partial charge in [-0.2, -0.15) is 0 Å². The number of hydrogen-bond donors (Lipinski definition) is 1. The summed E-state index contributed by atoms with van der Waals surface area (Å²) < 4.78 is 38.8. The molecule has 0 radical (unpaired) electrons. The van der Waals surface area contributed by atoms with E-state index in [4.69, 9.17) is 21.1 Å². The monoisotopic (exact) mass is 383 g/mol. The molecule has 2 rings (SSSR count). The number of anilines is 1. The lowest BCUT2D eigenvalue weighted by Gasteiger charge is -2.17. The van der Waals surface area contributed by atoms with Crippen LogP contribution in [0, 0.1) is 0 Å². The van der Waals surface area contributed by atoms with E-state index in [0.717, 1.165) is 11.1 Å². The third-order valence-corrected chi connectivity index (χ3v) is 5.68. The van der Waals surface area contributed by atoms with Crippen molar-refractivity contribution in [3.63, 3.8) is 0 Å². The third-order valence-electron chi connectivity index (χ3n) is 3.98. The highest BCUT2D eigenvalue weighted by Crippen LogP contribution is 2.33. The summed E-state index contributed by atoms with van der Waals surface area (Å²) >= 11 is 6.25. The summed E-state index contributed by atoms with van der Waals surface area (Å²) in [5.41, 5.74) is 2.22. The Hall–Kier alpha value is -1.92. The summed E-state index contributed by atoms with van der Waals surface area (Å²) in [6, 6.07) is 8.11. The summed E-state index contributed by atoms with van der Waals surface area (Å²) in [5, 5.41) is 0.546. The van der Waals surface area contributed by atoms with Gasteiger partial charge in [-0.25, -0.2) is 8.42 Å². The summed E-state index contributed by atoms with van der Waals surface area (Å²) in [7, 11) is -0.838. The number of methoxy groups -OCH3 is 2. The van der Waals surface area contributed by atoms with Crippen LogP contribution in [0.15, 0.2) is 35.2 Å². The lowest BCUT2D eigenvalue weighted by Crippen LogP contribution is -2.16. The van der Waals surface area contributed by atoms with Gasteiger partial charge >= 0.3 is 0 Å². The Bertz CT molecular complexity index is 866. The molecule has 0 bridgehead atoms. The molecule has 0 fully saturated rings. The van der Waals surface area contributed by atoms with E-state index >= 15 is 0 Å². The zero-order valence-electron chi connectivity index (χ0n) is 14.7. The van der Waals surface area contributed by atoms with Gasteiger partial charge in [0.05, 0.1) is 24.8 Å². The van der Waals surface area contributed by atoms with E-state index in [9.17, 15) is 8.42 Å². The molecule has 0 spiro atoms. The van der Waals surface area contributed by atoms with E-state index in [0.29, 0.717) is 35.1 Å². The van der Waals surface area contributed by atoms with Crippen molar-refractivity contribution in [1.29, 1.82) is 0 Å². The fraction of sp³-hybridized carbons (Fsp3) is 0.333. The molecule has 7 heteroatoms. The molecule has 2 aromatic rings. The SMILES string of the molecule is CCc1ccc(Cl)c(CC)c1NS(=O)(=O)c1ccc(OC)c(OC)c1. The molecule has 5 nitrogen and oxygen atoms in total. The molecule has 1 N–H and O–H groups in total. The van der Waals surface area contributed by atoms with Crippen LogP contribution in [0.2, 0.25) is 5.02 Å². The fourth-order valence-corrected chi connectivity index (χ4v) is 4.06. The van der Waals surface area contributed by atoms with Crippen LogP contribution in [-0.2, 0) is 22.9 Å². The first-order chi connectivity index (χ1) is 11.9. The summed E-state index contributed by atoms with van der Waals surface area (Å²) in [4.78, 5) is 0.0919. The molecule has 0 aromatic heterocycles. The van der Waals surface area contributed by atoms with Gasteiger partial charge < -0.3 is 9.47 Å². The van der Waals surface area contributed by atoms with Gasteiger partial charge in [0.1, 0.15) is 0 Å². The quantitative estimate of drug-likeness (QED) is 0.774. The van der Waals surface area contributed by atoms with Crippen LogP contribution in [-0.4, -0.2) is 22.6 Å². The van der Waals surface area contributed by atoms with Gasteiger partial charge in [-0.3, -0.25) is 4.72 Å². The number of benzene rings is 2. The second kappa shape index (κ2) is 7.97. The molecule has 25 heavy (non-hydrogen) atoms. The second-order valence-electron chi connectivity index (χ2n) is 5.39. The molecule has 0 heterocycles. The van der Waals surface area contributed by atoms with Crippen LogP contribution < -0.4 is 14.2 Å². The van der Waals surface area contributed by atoms with Crippen molar-refractivity contribution in [3.8, 4) is 11.5 Å². The van der Waals surface area contributed by atoms with Crippen LogP contribution in [0.1, 0.15) is 25.0 Å². The van der Waals surface area contributed by atoms with Crippen LogP contribution in [0.25, 0.3) is 0 Å². The zero-order valence-corrected chi connectivity index (χ0v) is 16.3. The number of aryl methyl sites for hydroxylation is 1. The average molecular weight is 384 g/mol. The first kappa shape index (κ1) is 19.4. The molecule has 0 atom stereocenters. The van der Waals surface area contributed by atoms with Crippen molar-refractivity contribution < 1.29 is 17.9 Å². The van der Waals surface area contributed by atoms with E-state index in [1.54, 1.807) is 12.1 Å². The molecule has 0 aliphatic heterocycles. The highest BCUT2D eigenvalue weighted by molar-refractivity contribution is 7.92. The molecule has 0 saturated carbocycles. The Kier molecular flexibility index (Phi) is 6.19. The summed E-state index contributed by atoms with van der Waals surface area (Å²) in [6.45, 7) is 3.91. The summed E-state index contributed by atoms with van der Waals surface area (Å²) in [5.74, 6) is 0.815. The highest BCUT2D eigenvalue weighted by Gasteiger charge is 2.21. The maximum absolute atomic E-state index is 12.9. The maximum Gasteiger partial charge on any atom is 0.262 e. The van der Waals surface area contributed by atoms with Crippen LogP contribution >= 0.6 is 11.6 Å². The topological polar surface area (TPSA) is 64.6 Å². The van der Waals surface area contributed by atoms with Gasteiger partial charge in [-0.05, 0) is 42.2 Å². The third kappa shape index (κ3) is 4.02. The number of ether oxygens (including phenoxy) is 2. The Labute approximate surface area is 154 Å². The molecule has 0 unspecified atom stereocenters. The molecule has 2 aromatic carbocycles. The highest BCUT2D eigenvalue weighted by atomic mass is 35.5. The van der Waals surface area contributed by atoms with E-state index < -0.39 is 10.0 Å². The van der Waals surface area contributed by atoms with Crippen LogP contribution in [0.3, 0.4) is 0 Å². The molecule has 0 saturated heterocycles. The van der Waals surface area contributed by atoms with Crippen molar-refractivity contribution in [1.82, 2.24) is 0 Å². The largest absolute Gasteiger partial charge is 0.493 e. The van der Waals surface area contributed by atoms with Crippen molar-refractivity contribution >= 4 is 27.3 Å². The maximum atomic E-state index is 12.9. The summed E-state index contributed by atoms with van der Waals surface area (Å²) in [6.07, 6.45) is 1.31. The minimum Gasteiger partial charge on any atom is -0.493 e. The van der Waals surface area contributed by atoms with E-state index in [1.165, 1.54) is 26.4 Å². The number of nitrogens with one attached hydrogen (secondary N) is 1. The molecule has 0 amide bonds. The number of hydrogen-bond acceptors (Lipinski definition) is 4. The van der Waals surface area contributed by atoms with Gasteiger partial charge in [0.2, 0.25) is 0 Å². The first-order valence-electron chi connectivity index (χ1n) is 7.93. The molecular weight excluding hydrogens is 362 g/mol. The average Bonchev–Trinajstić information content (AvgIpc) is 2.61. The van der Waals surface area contributed by atoms with Gasteiger partial charge in [0.15, 0.2) is 11.5 Å². The number of sulfonamides is 1. The number of halogens is 1. The first-order valence-corrected chi connectivity index (χ1v) is 9.79. The molecule has 136 valence electrons. The van der Waals surface area contributed by atoms with Gasteiger partial charge in [0, 0.05) is 11.1 Å². The normalized spacial score (nSPS) is 11.2. The standard InChI is InChI=1S/C18H22ClNO4S/c1-5-12-7-9-15(19)14(6-2)18(12)20-25(21,22)13-8-10-16(23-3)17(11-13)24-4/h7-11,20H,5-6H2,1-4H3. The molecular formula is C18H22ClNO4S. The predicted octanol–water partition coefficient (Wildman–Crippen LogP) is 4.28. The Morgan fingerprint density at radius 3 is 2.24 bits per heavy atom.